The lowest BCUT2D eigenvalue weighted by atomic mass is 10.00. The normalized spacial score (nSPS) is 15.6. The van der Waals surface area contributed by atoms with E-state index in [0.717, 1.165) is 34.6 Å². The number of fused-ring (bicyclic) bond motifs is 1. The molecule has 0 aliphatic heterocycles. The van der Waals surface area contributed by atoms with Crippen LogP contribution in [0.3, 0.4) is 0 Å². The number of rotatable bonds is 4. The van der Waals surface area contributed by atoms with Crippen LogP contribution in [0.1, 0.15) is 46.1 Å². The summed E-state index contributed by atoms with van der Waals surface area (Å²) in [6.45, 7) is 7.51. The van der Waals surface area contributed by atoms with E-state index in [1.165, 1.54) is 0 Å². The lowest BCUT2D eigenvalue weighted by Gasteiger charge is -2.19. The number of carbonyl (C=O) groups is 1. The molecule has 0 radical (unpaired) electrons. The van der Waals surface area contributed by atoms with Crippen molar-refractivity contribution in [3.63, 3.8) is 0 Å². The molecule has 0 spiro atoms. The van der Waals surface area contributed by atoms with Gasteiger partial charge in [0.15, 0.2) is 5.82 Å². The first-order valence-electron chi connectivity index (χ1n) is 8.35. The highest BCUT2D eigenvalue weighted by atomic mass is 32.2. The number of nitrogens with zero attached hydrogens (tertiary/aromatic N) is 3. The predicted octanol–water partition coefficient (Wildman–Crippen LogP) is 4.35. The van der Waals surface area contributed by atoms with E-state index in [1.54, 1.807) is 16.3 Å². The van der Waals surface area contributed by atoms with Gasteiger partial charge in [-0.1, -0.05) is 13.0 Å². The minimum Gasteiger partial charge on any atom is -0.444 e. The summed E-state index contributed by atoms with van der Waals surface area (Å²) in [5.74, 6) is 1.34. The van der Waals surface area contributed by atoms with Crippen molar-refractivity contribution in [1.82, 2.24) is 9.61 Å². The van der Waals surface area contributed by atoms with Crippen LogP contribution in [0.5, 0.6) is 0 Å². The summed E-state index contributed by atoms with van der Waals surface area (Å²) in [6.07, 6.45) is 3.14. The third kappa shape index (κ3) is 3.59. The standard InChI is InChI=1S/C18H22N4O2S/c1-5-25-14-13-7-6-12(18(11-19)8-9-18)10-22(13)21-15(14)20-16(23)24-17(2,3)4/h6-7,10H,5,8-9H2,1-4H3,(H,20,21,23). The summed E-state index contributed by atoms with van der Waals surface area (Å²) < 4.78 is 7.07. The lowest BCUT2D eigenvalue weighted by Crippen LogP contribution is -2.27. The summed E-state index contributed by atoms with van der Waals surface area (Å²) in [7, 11) is 0. The number of anilines is 1. The zero-order valence-corrected chi connectivity index (χ0v) is 15.7. The molecule has 2 aromatic heterocycles. The fourth-order valence-electron chi connectivity index (χ4n) is 2.67. The van der Waals surface area contributed by atoms with Crippen LogP contribution in [0.25, 0.3) is 5.52 Å². The zero-order valence-electron chi connectivity index (χ0n) is 14.9. The molecule has 1 saturated carbocycles. The van der Waals surface area contributed by atoms with Gasteiger partial charge in [0.2, 0.25) is 0 Å². The van der Waals surface area contributed by atoms with E-state index in [1.807, 2.05) is 39.1 Å². The van der Waals surface area contributed by atoms with Gasteiger partial charge in [-0.3, -0.25) is 5.32 Å². The molecule has 7 heteroatoms. The molecule has 1 fully saturated rings. The second kappa shape index (κ2) is 6.26. The topological polar surface area (TPSA) is 79.4 Å². The number of thioether (sulfide) groups is 1. The highest BCUT2D eigenvalue weighted by Gasteiger charge is 2.45. The molecule has 0 saturated heterocycles. The summed E-state index contributed by atoms with van der Waals surface area (Å²) in [5.41, 5.74) is 0.952. The fourth-order valence-corrected chi connectivity index (χ4v) is 3.49. The molecule has 2 aromatic rings. The van der Waals surface area contributed by atoms with Gasteiger partial charge in [-0.2, -0.15) is 5.26 Å². The molecular weight excluding hydrogens is 336 g/mol. The molecule has 2 heterocycles. The van der Waals surface area contributed by atoms with Crippen LogP contribution in [0.4, 0.5) is 10.6 Å². The Morgan fingerprint density at radius 3 is 2.76 bits per heavy atom. The molecule has 6 nitrogen and oxygen atoms in total. The highest BCUT2D eigenvalue weighted by molar-refractivity contribution is 7.99. The third-order valence-corrected chi connectivity index (χ3v) is 4.99. The van der Waals surface area contributed by atoms with Crippen molar-refractivity contribution in [2.75, 3.05) is 11.1 Å². The van der Waals surface area contributed by atoms with Crippen LogP contribution in [0, 0.1) is 11.3 Å². The minimum atomic E-state index is -0.570. The van der Waals surface area contributed by atoms with Gasteiger partial charge in [-0.05, 0) is 51.0 Å². The molecule has 25 heavy (non-hydrogen) atoms. The Morgan fingerprint density at radius 1 is 1.48 bits per heavy atom. The molecule has 1 N–H and O–H groups in total. The maximum absolute atomic E-state index is 12.1. The summed E-state index contributed by atoms with van der Waals surface area (Å²) >= 11 is 1.61. The summed E-state index contributed by atoms with van der Waals surface area (Å²) in [4.78, 5) is 13.0. The Bertz CT molecular complexity index is 856. The Hall–Kier alpha value is -2.20. The second-order valence-corrected chi connectivity index (χ2v) is 8.45. The van der Waals surface area contributed by atoms with Crippen molar-refractivity contribution >= 4 is 29.2 Å². The smallest absolute Gasteiger partial charge is 0.413 e. The molecule has 1 aliphatic carbocycles. The lowest BCUT2D eigenvalue weighted by molar-refractivity contribution is 0.0635. The second-order valence-electron chi connectivity index (χ2n) is 7.18. The maximum Gasteiger partial charge on any atom is 0.413 e. The van der Waals surface area contributed by atoms with E-state index >= 15 is 0 Å². The predicted molar refractivity (Wildman–Crippen MR) is 98.0 cm³/mol. The Labute approximate surface area is 151 Å². The maximum atomic E-state index is 12.1. The van der Waals surface area contributed by atoms with Crippen molar-refractivity contribution in [1.29, 1.82) is 5.26 Å². The number of carbonyl (C=O) groups excluding carboxylic acids is 1. The van der Waals surface area contributed by atoms with E-state index in [4.69, 9.17) is 4.74 Å². The van der Waals surface area contributed by atoms with E-state index in [-0.39, 0.29) is 5.41 Å². The van der Waals surface area contributed by atoms with E-state index in [2.05, 4.69) is 23.4 Å². The van der Waals surface area contributed by atoms with Crippen LogP contribution in [0.15, 0.2) is 23.2 Å². The van der Waals surface area contributed by atoms with Gasteiger partial charge in [0.05, 0.1) is 21.9 Å². The van der Waals surface area contributed by atoms with Crippen molar-refractivity contribution < 1.29 is 9.53 Å². The molecular formula is C18H22N4O2S. The van der Waals surface area contributed by atoms with Gasteiger partial charge in [-0.15, -0.1) is 16.9 Å². The first-order valence-corrected chi connectivity index (χ1v) is 9.33. The van der Waals surface area contributed by atoms with Crippen molar-refractivity contribution in [2.45, 2.75) is 56.4 Å². The number of hydrogen-bond donors (Lipinski definition) is 1. The largest absolute Gasteiger partial charge is 0.444 e. The average molecular weight is 358 g/mol. The van der Waals surface area contributed by atoms with Crippen molar-refractivity contribution in [3.05, 3.63) is 23.9 Å². The number of ether oxygens (including phenoxy) is 1. The average Bonchev–Trinajstić information content (AvgIpc) is 3.25. The van der Waals surface area contributed by atoms with Crippen LogP contribution in [-0.2, 0) is 10.2 Å². The van der Waals surface area contributed by atoms with Crippen LogP contribution in [-0.4, -0.2) is 27.1 Å². The van der Waals surface area contributed by atoms with E-state index in [9.17, 15) is 10.1 Å². The molecule has 1 amide bonds. The Kier molecular flexibility index (Phi) is 4.41. The molecule has 0 unspecified atom stereocenters. The molecule has 1 aliphatic rings. The number of amides is 1. The highest BCUT2D eigenvalue weighted by Crippen LogP contribution is 2.47. The first kappa shape index (κ1) is 17.6. The number of nitrogens with one attached hydrogen (secondary N) is 1. The number of hydrogen-bond acceptors (Lipinski definition) is 5. The fraction of sp³-hybridized carbons (Fsp3) is 0.500. The van der Waals surface area contributed by atoms with E-state index < -0.39 is 11.7 Å². The monoisotopic (exact) mass is 358 g/mol. The molecule has 0 aromatic carbocycles. The SMILES string of the molecule is CCSc1c(NC(=O)OC(C)(C)C)nn2cc(C3(C#N)CC3)ccc12. The minimum absolute atomic E-state index is 0.364. The van der Waals surface area contributed by atoms with Crippen LogP contribution in [0.2, 0.25) is 0 Å². The summed E-state index contributed by atoms with van der Waals surface area (Å²) in [5, 5.41) is 16.7. The molecule has 132 valence electrons. The Morgan fingerprint density at radius 2 is 2.20 bits per heavy atom. The van der Waals surface area contributed by atoms with Gasteiger partial charge >= 0.3 is 6.09 Å². The third-order valence-electron chi connectivity index (χ3n) is 4.01. The van der Waals surface area contributed by atoms with Crippen molar-refractivity contribution in [3.8, 4) is 6.07 Å². The van der Waals surface area contributed by atoms with Crippen LogP contribution >= 0.6 is 11.8 Å². The van der Waals surface area contributed by atoms with Gasteiger partial charge in [0.25, 0.3) is 0 Å². The van der Waals surface area contributed by atoms with Gasteiger partial charge < -0.3 is 4.74 Å². The van der Waals surface area contributed by atoms with E-state index in [0.29, 0.717) is 5.82 Å². The number of aromatic nitrogens is 2. The molecule has 0 atom stereocenters. The quantitative estimate of drug-likeness (QED) is 0.822. The first-order chi connectivity index (χ1) is 11.8. The van der Waals surface area contributed by atoms with Crippen molar-refractivity contribution in [2.24, 2.45) is 0 Å². The van der Waals surface area contributed by atoms with Gasteiger partial charge in [0, 0.05) is 6.20 Å². The molecule has 3 rings (SSSR count). The number of nitriles is 1. The Balaban J connectivity index is 1.96. The van der Waals surface area contributed by atoms with Gasteiger partial charge in [0.1, 0.15) is 5.60 Å². The van der Waals surface area contributed by atoms with Gasteiger partial charge in [-0.25, -0.2) is 9.31 Å². The number of pyridine rings is 1. The van der Waals surface area contributed by atoms with Crippen LogP contribution < -0.4 is 5.32 Å². The summed E-state index contributed by atoms with van der Waals surface area (Å²) in [6, 6.07) is 6.36. The zero-order chi connectivity index (χ0) is 18.2. The molecule has 0 bridgehead atoms.